The summed E-state index contributed by atoms with van der Waals surface area (Å²) in [4.78, 5) is 25.0. The van der Waals surface area contributed by atoms with Gasteiger partial charge >= 0.3 is 0 Å². The number of amides is 2. The van der Waals surface area contributed by atoms with E-state index in [4.69, 9.17) is 0 Å². The second-order valence-corrected chi connectivity index (χ2v) is 7.21. The Morgan fingerprint density at radius 2 is 1.60 bits per heavy atom. The van der Waals surface area contributed by atoms with E-state index in [0.717, 1.165) is 29.1 Å². The van der Waals surface area contributed by atoms with Gasteiger partial charge in [0.2, 0.25) is 11.8 Å². The smallest absolute Gasteiger partial charge is 0.237 e. The van der Waals surface area contributed by atoms with E-state index >= 15 is 0 Å². The zero-order valence-electron chi connectivity index (χ0n) is 14.6. The molecule has 0 fully saturated rings. The molecule has 2 aromatic carbocycles. The molecule has 1 unspecified atom stereocenters. The van der Waals surface area contributed by atoms with E-state index in [-0.39, 0.29) is 17.1 Å². The maximum absolute atomic E-state index is 12.2. The Bertz CT molecular complexity index is 687. The molecule has 25 heavy (non-hydrogen) atoms. The van der Waals surface area contributed by atoms with Gasteiger partial charge in [-0.3, -0.25) is 9.59 Å². The third-order valence-corrected chi connectivity index (χ3v) is 4.73. The summed E-state index contributed by atoms with van der Waals surface area (Å²) >= 11 is 1.49. The molecule has 4 nitrogen and oxygen atoms in total. The molecule has 0 aliphatic heterocycles. The number of nitrogens with one attached hydrogen (secondary N) is 2. The monoisotopic (exact) mass is 356 g/mol. The summed E-state index contributed by atoms with van der Waals surface area (Å²) in [5.74, 6) is 0.00556. The standard InChI is InChI=1S/C20H24N2O2S/c1-3-4-10-19(23)21-17-11-13-18(14-12-17)25-15(2)20(24)22-16-8-6-5-7-9-16/h5-9,11-15H,3-4,10H2,1-2H3,(H,21,23)(H,22,24). The highest BCUT2D eigenvalue weighted by Crippen LogP contribution is 2.25. The molecule has 0 aliphatic carbocycles. The quantitative estimate of drug-likeness (QED) is 0.659. The number of hydrogen-bond donors (Lipinski definition) is 2. The Morgan fingerprint density at radius 1 is 0.960 bits per heavy atom. The van der Waals surface area contributed by atoms with Crippen LogP contribution in [-0.4, -0.2) is 17.1 Å². The average molecular weight is 356 g/mol. The molecule has 0 saturated carbocycles. The van der Waals surface area contributed by atoms with Crippen LogP contribution in [0.4, 0.5) is 11.4 Å². The van der Waals surface area contributed by atoms with Gasteiger partial charge in [0, 0.05) is 22.7 Å². The average Bonchev–Trinajstić information content (AvgIpc) is 2.62. The number of hydrogen-bond acceptors (Lipinski definition) is 3. The van der Waals surface area contributed by atoms with Crippen molar-refractivity contribution in [1.82, 2.24) is 0 Å². The number of rotatable bonds is 8. The Kier molecular flexibility index (Phi) is 7.54. The number of benzene rings is 2. The number of thioether (sulfide) groups is 1. The molecule has 0 aromatic heterocycles. The summed E-state index contributed by atoms with van der Waals surface area (Å²) in [6.07, 6.45) is 2.45. The molecule has 132 valence electrons. The van der Waals surface area contributed by atoms with Crippen molar-refractivity contribution in [2.24, 2.45) is 0 Å². The normalized spacial score (nSPS) is 11.6. The lowest BCUT2D eigenvalue weighted by Crippen LogP contribution is -2.22. The molecule has 0 radical (unpaired) electrons. The lowest BCUT2D eigenvalue weighted by molar-refractivity contribution is -0.116. The van der Waals surface area contributed by atoms with E-state index in [1.54, 1.807) is 0 Å². The van der Waals surface area contributed by atoms with E-state index in [1.165, 1.54) is 11.8 Å². The number of carbonyl (C=O) groups is 2. The molecule has 2 N–H and O–H groups in total. The van der Waals surface area contributed by atoms with Crippen molar-refractivity contribution in [1.29, 1.82) is 0 Å². The van der Waals surface area contributed by atoms with Gasteiger partial charge in [-0.2, -0.15) is 0 Å². The maximum atomic E-state index is 12.2. The number of unbranched alkanes of at least 4 members (excludes halogenated alkanes) is 1. The minimum Gasteiger partial charge on any atom is -0.326 e. The summed E-state index contributed by atoms with van der Waals surface area (Å²) in [7, 11) is 0. The first kappa shape index (κ1) is 19.1. The van der Waals surface area contributed by atoms with E-state index in [1.807, 2.05) is 61.5 Å². The first-order valence-corrected chi connectivity index (χ1v) is 9.39. The van der Waals surface area contributed by atoms with Crippen molar-refractivity contribution < 1.29 is 9.59 Å². The van der Waals surface area contributed by atoms with Crippen molar-refractivity contribution in [2.75, 3.05) is 10.6 Å². The predicted molar refractivity (Wildman–Crippen MR) is 105 cm³/mol. The highest BCUT2D eigenvalue weighted by Gasteiger charge is 2.14. The van der Waals surface area contributed by atoms with Crippen molar-refractivity contribution in [3.05, 3.63) is 54.6 Å². The minimum absolute atomic E-state index is 0.0341. The van der Waals surface area contributed by atoms with Gasteiger partial charge in [-0.1, -0.05) is 31.5 Å². The van der Waals surface area contributed by atoms with E-state index in [2.05, 4.69) is 17.6 Å². The largest absolute Gasteiger partial charge is 0.326 e. The van der Waals surface area contributed by atoms with Crippen LogP contribution >= 0.6 is 11.8 Å². The van der Waals surface area contributed by atoms with Gasteiger partial charge in [-0.05, 0) is 49.7 Å². The van der Waals surface area contributed by atoms with E-state index in [0.29, 0.717) is 6.42 Å². The second-order valence-electron chi connectivity index (χ2n) is 5.79. The van der Waals surface area contributed by atoms with E-state index < -0.39 is 0 Å². The molecule has 2 rings (SSSR count). The van der Waals surface area contributed by atoms with Crippen LogP contribution in [0.25, 0.3) is 0 Å². The molecule has 2 aromatic rings. The molecule has 0 saturated heterocycles. The molecule has 5 heteroatoms. The maximum Gasteiger partial charge on any atom is 0.237 e. The van der Waals surface area contributed by atoms with Crippen molar-refractivity contribution in [2.45, 2.75) is 43.3 Å². The highest BCUT2D eigenvalue weighted by molar-refractivity contribution is 8.00. The molecule has 0 spiro atoms. The third kappa shape index (κ3) is 6.63. The first-order valence-electron chi connectivity index (χ1n) is 8.51. The lowest BCUT2D eigenvalue weighted by atomic mass is 10.2. The van der Waals surface area contributed by atoms with Gasteiger partial charge in [0.1, 0.15) is 0 Å². The fourth-order valence-corrected chi connectivity index (χ4v) is 3.07. The topological polar surface area (TPSA) is 58.2 Å². The molecule has 0 heterocycles. The molecule has 0 aliphatic rings. The zero-order valence-corrected chi connectivity index (χ0v) is 15.4. The Labute approximate surface area is 153 Å². The summed E-state index contributed by atoms with van der Waals surface area (Å²) in [5, 5.41) is 5.57. The van der Waals surface area contributed by atoms with Crippen molar-refractivity contribution in [3.63, 3.8) is 0 Å². The van der Waals surface area contributed by atoms with Gasteiger partial charge < -0.3 is 10.6 Å². The van der Waals surface area contributed by atoms with Crippen molar-refractivity contribution in [3.8, 4) is 0 Å². The second kappa shape index (κ2) is 9.89. The van der Waals surface area contributed by atoms with Crippen molar-refractivity contribution >= 4 is 35.0 Å². The predicted octanol–water partition coefficient (Wildman–Crippen LogP) is 4.93. The van der Waals surface area contributed by atoms with Crippen LogP contribution in [0.5, 0.6) is 0 Å². The third-order valence-electron chi connectivity index (χ3n) is 3.62. The van der Waals surface area contributed by atoms with Gasteiger partial charge in [-0.15, -0.1) is 11.8 Å². The van der Waals surface area contributed by atoms with Gasteiger partial charge in [0.15, 0.2) is 0 Å². The molecule has 1 atom stereocenters. The van der Waals surface area contributed by atoms with Gasteiger partial charge in [0.25, 0.3) is 0 Å². The molecular formula is C20H24N2O2S. The zero-order chi connectivity index (χ0) is 18.1. The van der Waals surface area contributed by atoms with Crippen LogP contribution in [0.1, 0.15) is 33.1 Å². The fourth-order valence-electron chi connectivity index (χ4n) is 2.20. The molecule has 2 amide bonds. The SMILES string of the molecule is CCCCC(=O)Nc1ccc(SC(C)C(=O)Nc2ccccc2)cc1. The van der Waals surface area contributed by atoms with E-state index in [9.17, 15) is 9.59 Å². The lowest BCUT2D eigenvalue weighted by Gasteiger charge is -2.12. The highest BCUT2D eigenvalue weighted by atomic mass is 32.2. The van der Waals surface area contributed by atoms with Crippen LogP contribution in [-0.2, 0) is 9.59 Å². The first-order chi connectivity index (χ1) is 12.1. The van der Waals surface area contributed by atoms with Gasteiger partial charge in [0.05, 0.1) is 5.25 Å². The van der Waals surface area contributed by atoms with Gasteiger partial charge in [-0.25, -0.2) is 0 Å². The Balaban J connectivity index is 1.85. The minimum atomic E-state index is -0.217. The molecular weight excluding hydrogens is 332 g/mol. The number of carbonyl (C=O) groups excluding carboxylic acids is 2. The van der Waals surface area contributed by atoms with Crippen LogP contribution in [0.3, 0.4) is 0 Å². The molecule has 0 bridgehead atoms. The summed E-state index contributed by atoms with van der Waals surface area (Å²) < 4.78 is 0. The Morgan fingerprint density at radius 3 is 2.24 bits per heavy atom. The van der Waals surface area contributed by atoms with Crippen LogP contribution in [0.2, 0.25) is 0 Å². The Hall–Kier alpha value is -2.27. The fraction of sp³-hybridized carbons (Fsp3) is 0.300. The van der Waals surface area contributed by atoms with Crippen LogP contribution in [0.15, 0.2) is 59.5 Å². The number of anilines is 2. The summed E-state index contributed by atoms with van der Waals surface area (Å²) in [5.41, 5.74) is 1.58. The van der Waals surface area contributed by atoms with Crippen LogP contribution in [0, 0.1) is 0 Å². The summed E-state index contributed by atoms with van der Waals surface area (Å²) in [6.45, 7) is 3.94. The van der Waals surface area contributed by atoms with Crippen LogP contribution < -0.4 is 10.6 Å². The number of para-hydroxylation sites is 1. The summed E-state index contributed by atoms with van der Waals surface area (Å²) in [6, 6.07) is 17.0.